The first-order chi connectivity index (χ1) is 9.31. The Kier molecular flexibility index (Phi) is 7.27. The van der Waals surface area contributed by atoms with E-state index in [0.717, 1.165) is 29.5 Å². The van der Waals surface area contributed by atoms with Crippen LogP contribution in [-0.4, -0.2) is 10.9 Å². The van der Waals surface area contributed by atoms with Gasteiger partial charge in [-0.25, -0.2) is 4.39 Å². The Morgan fingerprint density at radius 2 is 1.90 bits per heavy atom. The van der Waals surface area contributed by atoms with E-state index in [1.807, 2.05) is 18.3 Å². The number of benzene rings is 1. The first-order valence-corrected chi connectivity index (χ1v) is 6.77. The largest absolute Gasteiger partial charge is 0.264 e. The minimum atomic E-state index is -0.227. The van der Waals surface area contributed by atoms with Crippen LogP contribution >= 0.6 is 24.0 Å². The van der Waals surface area contributed by atoms with Gasteiger partial charge in [-0.1, -0.05) is 24.3 Å². The van der Waals surface area contributed by atoms with Crippen LogP contribution in [0.2, 0.25) is 0 Å². The smallest absolute Gasteiger partial charge is 0.123 e. The Balaban J connectivity index is 0.00000200. The molecule has 0 fully saturated rings. The molecule has 1 nitrogen and oxygen atoms in total. The summed E-state index contributed by atoms with van der Waals surface area (Å²) in [7, 11) is 0. The SMILES string of the molecule is Cl.Fc1ccc(/C(=C\CCCCl)c2cccnc2)cc1. The summed E-state index contributed by atoms with van der Waals surface area (Å²) in [5.41, 5.74) is 3.09. The Hall–Kier alpha value is -1.38. The second kappa shape index (κ2) is 8.72. The van der Waals surface area contributed by atoms with Crippen molar-refractivity contribution in [2.24, 2.45) is 0 Å². The van der Waals surface area contributed by atoms with Gasteiger partial charge in [-0.15, -0.1) is 24.0 Å². The molecule has 0 N–H and O–H groups in total. The summed E-state index contributed by atoms with van der Waals surface area (Å²) in [5, 5.41) is 0. The highest BCUT2D eigenvalue weighted by Crippen LogP contribution is 2.24. The van der Waals surface area contributed by atoms with E-state index in [2.05, 4.69) is 11.1 Å². The summed E-state index contributed by atoms with van der Waals surface area (Å²) in [4.78, 5) is 4.14. The zero-order chi connectivity index (χ0) is 13.5. The number of alkyl halides is 1. The summed E-state index contributed by atoms with van der Waals surface area (Å²) in [6.07, 6.45) is 7.50. The summed E-state index contributed by atoms with van der Waals surface area (Å²) in [5.74, 6) is 0.412. The van der Waals surface area contributed by atoms with Crippen molar-refractivity contribution in [3.63, 3.8) is 0 Å². The summed E-state index contributed by atoms with van der Waals surface area (Å²) < 4.78 is 13.0. The standard InChI is InChI=1S/C16H15ClFN.ClH/c17-10-2-1-5-16(14-4-3-11-19-12-14)13-6-8-15(18)9-7-13;/h3-9,11-12H,1-2,10H2;1H/b16-5+;. The topological polar surface area (TPSA) is 12.9 Å². The van der Waals surface area contributed by atoms with Crippen LogP contribution in [0.25, 0.3) is 5.57 Å². The van der Waals surface area contributed by atoms with E-state index in [0.29, 0.717) is 5.88 Å². The van der Waals surface area contributed by atoms with E-state index < -0.39 is 0 Å². The molecule has 0 unspecified atom stereocenters. The maximum absolute atomic E-state index is 13.0. The Morgan fingerprint density at radius 3 is 2.50 bits per heavy atom. The molecular weight excluding hydrogens is 296 g/mol. The van der Waals surface area contributed by atoms with Gasteiger partial charge in [-0.2, -0.15) is 0 Å². The van der Waals surface area contributed by atoms with Crippen LogP contribution in [0.4, 0.5) is 4.39 Å². The third-order valence-corrected chi connectivity index (χ3v) is 3.08. The highest BCUT2D eigenvalue weighted by Gasteiger charge is 2.05. The van der Waals surface area contributed by atoms with Gasteiger partial charge in [0.25, 0.3) is 0 Å². The van der Waals surface area contributed by atoms with Crippen LogP contribution in [0, 0.1) is 5.82 Å². The first-order valence-electron chi connectivity index (χ1n) is 6.23. The third kappa shape index (κ3) is 4.62. The molecular formula is C16H16Cl2FN. The van der Waals surface area contributed by atoms with E-state index in [-0.39, 0.29) is 18.2 Å². The lowest BCUT2D eigenvalue weighted by Crippen LogP contribution is -1.90. The molecule has 0 radical (unpaired) electrons. The Morgan fingerprint density at radius 1 is 1.15 bits per heavy atom. The first kappa shape index (κ1) is 16.7. The maximum atomic E-state index is 13.0. The monoisotopic (exact) mass is 311 g/mol. The van der Waals surface area contributed by atoms with Gasteiger partial charge in [-0.05, 0) is 42.2 Å². The quantitative estimate of drug-likeness (QED) is 0.553. The fraction of sp³-hybridized carbons (Fsp3) is 0.188. The van der Waals surface area contributed by atoms with Gasteiger partial charge in [0.15, 0.2) is 0 Å². The molecule has 0 aliphatic carbocycles. The summed E-state index contributed by atoms with van der Waals surface area (Å²) in [6, 6.07) is 10.4. The van der Waals surface area contributed by atoms with Crippen molar-refractivity contribution in [3.05, 3.63) is 71.8 Å². The molecule has 2 aromatic rings. The molecule has 0 amide bonds. The minimum Gasteiger partial charge on any atom is -0.264 e. The number of hydrogen-bond acceptors (Lipinski definition) is 1. The summed E-state index contributed by atoms with van der Waals surface area (Å²) in [6.45, 7) is 0. The molecule has 0 saturated carbocycles. The fourth-order valence-corrected chi connectivity index (χ4v) is 2.03. The van der Waals surface area contributed by atoms with E-state index in [9.17, 15) is 4.39 Å². The number of nitrogens with zero attached hydrogens (tertiary/aromatic N) is 1. The fourth-order valence-electron chi connectivity index (χ4n) is 1.88. The number of pyridine rings is 1. The molecule has 1 aromatic heterocycles. The molecule has 20 heavy (non-hydrogen) atoms. The molecule has 0 aliphatic rings. The van der Waals surface area contributed by atoms with Crippen molar-refractivity contribution in [2.75, 3.05) is 5.88 Å². The summed E-state index contributed by atoms with van der Waals surface area (Å²) >= 11 is 5.71. The van der Waals surface area contributed by atoms with Crippen LogP contribution in [0.15, 0.2) is 54.9 Å². The molecule has 4 heteroatoms. The van der Waals surface area contributed by atoms with Crippen LogP contribution < -0.4 is 0 Å². The lowest BCUT2D eigenvalue weighted by Gasteiger charge is -2.08. The van der Waals surface area contributed by atoms with Crippen LogP contribution in [-0.2, 0) is 0 Å². The number of aromatic nitrogens is 1. The van der Waals surface area contributed by atoms with Crippen LogP contribution in [0.5, 0.6) is 0 Å². The van der Waals surface area contributed by atoms with Gasteiger partial charge in [-0.3, -0.25) is 4.98 Å². The van der Waals surface area contributed by atoms with Crippen LogP contribution in [0.3, 0.4) is 0 Å². The minimum absolute atomic E-state index is 0. The van der Waals surface area contributed by atoms with Crippen LogP contribution in [0.1, 0.15) is 24.0 Å². The van der Waals surface area contributed by atoms with E-state index >= 15 is 0 Å². The molecule has 0 bridgehead atoms. The zero-order valence-corrected chi connectivity index (χ0v) is 12.5. The van der Waals surface area contributed by atoms with Crippen molar-refractivity contribution in [1.82, 2.24) is 4.98 Å². The molecule has 1 heterocycles. The Labute approximate surface area is 129 Å². The predicted octanol–water partition coefficient (Wildman–Crippen LogP) is 5.09. The molecule has 0 saturated heterocycles. The normalized spacial score (nSPS) is 11.0. The number of halogens is 3. The van der Waals surface area contributed by atoms with Crippen molar-refractivity contribution < 1.29 is 4.39 Å². The maximum Gasteiger partial charge on any atom is 0.123 e. The second-order valence-electron chi connectivity index (χ2n) is 4.20. The van der Waals surface area contributed by atoms with Gasteiger partial charge >= 0.3 is 0 Å². The van der Waals surface area contributed by atoms with Gasteiger partial charge in [0, 0.05) is 23.8 Å². The average molecular weight is 312 g/mol. The molecule has 2 rings (SSSR count). The highest BCUT2D eigenvalue weighted by molar-refractivity contribution is 6.17. The molecule has 0 aliphatic heterocycles. The van der Waals surface area contributed by atoms with E-state index in [4.69, 9.17) is 11.6 Å². The average Bonchev–Trinajstić information content (AvgIpc) is 2.46. The predicted molar refractivity (Wildman–Crippen MR) is 84.9 cm³/mol. The molecule has 106 valence electrons. The van der Waals surface area contributed by atoms with E-state index in [1.165, 1.54) is 12.1 Å². The molecule has 0 atom stereocenters. The van der Waals surface area contributed by atoms with Gasteiger partial charge in [0.05, 0.1) is 0 Å². The van der Waals surface area contributed by atoms with Crippen molar-refractivity contribution in [1.29, 1.82) is 0 Å². The molecule has 0 spiro atoms. The van der Waals surface area contributed by atoms with Crippen molar-refractivity contribution >= 4 is 29.6 Å². The highest BCUT2D eigenvalue weighted by atomic mass is 35.5. The van der Waals surface area contributed by atoms with Crippen molar-refractivity contribution in [3.8, 4) is 0 Å². The second-order valence-corrected chi connectivity index (χ2v) is 4.58. The van der Waals surface area contributed by atoms with Crippen molar-refractivity contribution in [2.45, 2.75) is 12.8 Å². The lowest BCUT2D eigenvalue weighted by atomic mass is 9.98. The lowest BCUT2D eigenvalue weighted by molar-refractivity contribution is 0.627. The number of hydrogen-bond donors (Lipinski definition) is 0. The number of unbranched alkanes of at least 4 members (excludes halogenated alkanes) is 1. The van der Waals surface area contributed by atoms with Gasteiger partial charge in [0.2, 0.25) is 0 Å². The zero-order valence-electron chi connectivity index (χ0n) is 10.9. The van der Waals surface area contributed by atoms with E-state index in [1.54, 1.807) is 18.3 Å². The number of allylic oxidation sites excluding steroid dienone is 1. The van der Waals surface area contributed by atoms with Gasteiger partial charge in [0.1, 0.15) is 5.82 Å². The Bertz CT molecular complexity index is 538. The number of rotatable bonds is 5. The third-order valence-electron chi connectivity index (χ3n) is 2.81. The van der Waals surface area contributed by atoms with Gasteiger partial charge < -0.3 is 0 Å². The molecule has 1 aromatic carbocycles.